The summed E-state index contributed by atoms with van der Waals surface area (Å²) in [5.41, 5.74) is 6.48. The van der Waals surface area contributed by atoms with Crippen LogP contribution in [0.4, 0.5) is 4.39 Å². The van der Waals surface area contributed by atoms with Crippen LogP contribution in [-0.2, 0) is 11.2 Å². The second kappa shape index (κ2) is 7.60. The molecule has 1 heterocycles. The highest BCUT2D eigenvalue weighted by Crippen LogP contribution is 2.27. The van der Waals surface area contributed by atoms with E-state index in [0.717, 1.165) is 49.8 Å². The molecule has 1 aliphatic heterocycles. The van der Waals surface area contributed by atoms with E-state index >= 15 is 0 Å². The van der Waals surface area contributed by atoms with Crippen molar-refractivity contribution in [3.63, 3.8) is 0 Å². The summed E-state index contributed by atoms with van der Waals surface area (Å²) >= 11 is 0. The van der Waals surface area contributed by atoms with Gasteiger partial charge in [-0.1, -0.05) is 0 Å². The molecule has 112 valence electrons. The maximum absolute atomic E-state index is 13.3. The molecule has 3 nitrogen and oxygen atoms in total. The Hall–Kier alpha value is -1.13. The molecule has 2 N–H and O–H groups in total. The lowest BCUT2D eigenvalue weighted by Crippen LogP contribution is -2.15. The first-order chi connectivity index (χ1) is 9.72. The quantitative estimate of drug-likeness (QED) is 0.835. The number of hydrogen-bond acceptors (Lipinski definition) is 3. The van der Waals surface area contributed by atoms with Gasteiger partial charge in [0.1, 0.15) is 11.6 Å². The zero-order valence-corrected chi connectivity index (χ0v) is 12.1. The molecule has 0 amide bonds. The Kier molecular flexibility index (Phi) is 5.80. The molecule has 1 fully saturated rings. The van der Waals surface area contributed by atoms with E-state index in [9.17, 15) is 4.39 Å². The van der Waals surface area contributed by atoms with Crippen molar-refractivity contribution in [2.45, 2.75) is 50.7 Å². The SMILES string of the molecule is COc1ccc(F)cc1CCC[C@H]1CC[C@H](CCN)O1. The number of rotatable bonds is 7. The molecule has 0 radical (unpaired) electrons. The Balaban J connectivity index is 1.77. The smallest absolute Gasteiger partial charge is 0.123 e. The van der Waals surface area contributed by atoms with Gasteiger partial charge in [0.15, 0.2) is 0 Å². The Labute approximate surface area is 120 Å². The van der Waals surface area contributed by atoms with Crippen molar-refractivity contribution < 1.29 is 13.9 Å². The van der Waals surface area contributed by atoms with E-state index in [2.05, 4.69) is 0 Å². The summed E-state index contributed by atoms with van der Waals surface area (Å²) in [5, 5.41) is 0. The summed E-state index contributed by atoms with van der Waals surface area (Å²) in [6.07, 6.45) is 6.69. The molecule has 0 bridgehead atoms. The van der Waals surface area contributed by atoms with E-state index in [4.69, 9.17) is 15.2 Å². The van der Waals surface area contributed by atoms with Gasteiger partial charge in [0, 0.05) is 0 Å². The monoisotopic (exact) mass is 281 g/mol. The second-order valence-electron chi connectivity index (χ2n) is 5.38. The summed E-state index contributed by atoms with van der Waals surface area (Å²) in [7, 11) is 1.62. The van der Waals surface area contributed by atoms with E-state index in [-0.39, 0.29) is 5.82 Å². The molecule has 0 saturated carbocycles. The Morgan fingerprint density at radius 3 is 2.75 bits per heavy atom. The van der Waals surface area contributed by atoms with Crippen LogP contribution >= 0.6 is 0 Å². The van der Waals surface area contributed by atoms with Crippen LogP contribution in [0.15, 0.2) is 18.2 Å². The molecule has 4 heteroatoms. The highest BCUT2D eigenvalue weighted by molar-refractivity contribution is 5.33. The molecule has 1 aliphatic rings. The number of halogens is 1. The van der Waals surface area contributed by atoms with Crippen LogP contribution in [0, 0.1) is 5.82 Å². The van der Waals surface area contributed by atoms with Crippen molar-refractivity contribution >= 4 is 0 Å². The molecular weight excluding hydrogens is 257 g/mol. The highest BCUT2D eigenvalue weighted by Gasteiger charge is 2.24. The molecule has 1 saturated heterocycles. The van der Waals surface area contributed by atoms with Crippen LogP contribution in [0.1, 0.15) is 37.7 Å². The molecule has 2 atom stereocenters. The second-order valence-corrected chi connectivity index (χ2v) is 5.38. The van der Waals surface area contributed by atoms with Crippen molar-refractivity contribution in [3.8, 4) is 5.75 Å². The van der Waals surface area contributed by atoms with Gasteiger partial charge in [0.2, 0.25) is 0 Å². The summed E-state index contributed by atoms with van der Waals surface area (Å²) in [5.74, 6) is 0.556. The minimum atomic E-state index is -0.207. The van der Waals surface area contributed by atoms with Gasteiger partial charge in [-0.15, -0.1) is 0 Å². The lowest BCUT2D eigenvalue weighted by atomic mass is 10.0. The summed E-state index contributed by atoms with van der Waals surface area (Å²) < 4.78 is 24.5. The first-order valence-electron chi connectivity index (χ1n) is 7.41. The predicted molar refractivity (Wildman–Crippen MR) is 77.5 cm³/mol. The van der Waals surface area contributed by atoms with Crippen molar-refractivity contribution in [1.29, 1.82) is 0 Å². The van der Waals surface area contributed by atoms with Crippen molar-refractivity contribution in [1.82, 2.24) is 0 Å². The molecule has 2 rings (SSSR count). The van der Waals surface area contributed by atoms with E-state index in [1.54, 1.807) is 19.2 Å². The third-order valence-electron chi connectivity index (χ3n) is 3.90. The standard InChI is InChI=1S/C16H24FNO2/c1-19-16-8-5-13(17)11-12(16)3-2-4-14-6-7-15(20-14)9-10-18/h5,8,11,14-15H,2-4,6-7,9-10,18H2,1H3/t14-,15+/m0/s1. The van der Waals surface area contributed by atoms with Crippen LogP contribution in [0.5, 0.6) is 5.75 Å². The lowest BCUT2D eigenvalue weighted by molar-refractivity contribution is 0.0366. The molecule has 1 aromatic carbocycles. The van der Waals surface area contributed by atoms with Crippen LogP contribution < -0.4 is 10.5 Å². The molecule has 0 spiro atoms. The van der Waals surface area contributed by atoms with Gasteiger partial charge in [0.05, 0.1) is 19.3 Å². The van der Waals surface area contributed by atoms with Crippen molar-refractivity contribution in [2.75, 3.05) is 13.7 Å². The third-order valence-corrected chi connectivity index (χ3v) is 3.90. The third kappa shape index (κ3) is 4.18. The van der Waals surface area contributed by atoms with E-state index in [1.165, 1.54) is 6.07 Å². The molecule has 1 aromatic rings. The van der Waals surface area contributed by atoms with Gasteiger partial charge in [-0.05, 0) is 68.8 Å². The predicted octanol–water partition coefficient (Wildman–Crippen LogP) is 3.05. The van der Waals surface area contributed by atoms with Crippen LogP contribution in [0.25, 0.3) is 0 Å². The topological polar surface area (TPSA) is 44.5 Å². The maximum atomic E-state index is 13.3. The van der Waals surface area contributed by atoms with Crippen molar-refractivity contribution in [3.05, 3.63) is 29.6 Å². The average Bonchev–Trinajstić information content (AvgIpc) is 2.87. The van der Waals surface area contributed by atoms with Crippen LogP contribution in [-0.4, -0.2) is 25.9 Å². The van der Waals surface area contributed by atoms with E-state index in [0.29, 0.717) is 18.8 Å². The number of ether oxygens (including phenoxy) is 2. The fourth-order valence-electron chi connectivity index (χ4n) is 2.85. The van der Waals surface area contributed by atoms with Gasteiger partial charge in [-0.3, -0.25) is 0 Å². The molecule has 0 unspecified atom stereocenters. The summed E-state index contributed by atoms with van der Waals surface area (Å²) in [6, 6.07) is 4.68. The number of hydrogen-bond donors (Lipinski definition) is 1. The fourth-order valence-corrected chi connectivity index (χ4v) is 2.85. The zero-order chi connectivity index (χ0) is 14.4. The minimum Gasteiger partial charge on any atom is -0.496 e. The summed E-state index contributed by atoms with van der Waals surface area (Å²) in [4.78, 5) is 0. The van der Waals surface area contributed by atoms with Gasteiger partial charge < -0.3 is 15.2 Å². The Morgan fingerprint density at radius 1 is 1.30 bits per heavy atom. The normalized spacial score (nSPS) is 22.1. The summed E-state index contributed by atoms with van der Waals surface area (Å²) in [6.45, 7) is 0.692. The van der Waals surface area contributed by atoms with Gasteiger partial charge >= 0.3 is 0 Å². The molecule has 0 aliphatic carbocycles. The molecule has 0 aromatic heterocycles. The van der Waals surface area contributed by atoms with E-state index in [1.807, 2.05) is 0 Å². The average molecular weight is 281 g/mol. The van der Waals surface area contributed by atoms with Gasteiger partial charge in [-0.25, -0.2) is 4.39 Å². The molecular formula is C16H24FNO2. The lowest BCUT2D eigenvalue weighted by Gasteiger charge is -2.13. The first-order valence-corrected chi connectivity index (χ1v) is 7.41. The van der Waals surface area contributed by atoms with Crippen LogP contribution in [0.3, 0.4) is 0 Å². The number of benzene rings is 1. The highest BCUT2D eigenvalue weighted by atomic mass is 19.1. The molecule has 20 heavy (non-hydrogen) atoms. The first kappa shape index (κ1) is 15.3. The van der Waals surface area contributed by atoms with Gasteiger partial charge in [0.25, 0.3) is 0 Å². The van der Waals surface area contributed by atoms with Crippen molar-refractivity contribution in [2.24, 2.45) is 5.73 Å². The number of nitrogens with two attached hydrogens (primary N) is 1. The Morgan fingerprint density at radius 2 is 2.05 bits per heavy atom. The fraction of sp³-hybridized carbons (Fsp3) is 0.625. The maximum Gasteiger partial charge on any atom is 0.123 e. The van der Waals surface area contributed by atoms with E-state index < -0.39 is 0 Å². The van der Waals surface area contributed by atoms with Gasteiger partial charge in [-0.2, -0.15) is 0 Å². The number of aryl methyl sites for hydroxylation is 1. The number of methoxy groups -OCH3 is 1. The Bertz CT molecular complexity index is 425. The minimum absolute atomic E-state index is 0.207. The largest absolute Gasteiger partial charge is 0.496 e. The zero-order valence-electron chi connectivity index (χ0n) is 12.1. The van der Waals surface area contributed by atoms with Crippen LogP contribution in [0.2, 0.25) is 0 Å².